The number of rotatable bonds is 3. The minimum absolute atomic E-state index is 0.265. The average Bonchev–Trinajstić information content (AvgIpc) is 2.19. The predicted octanol–water partition coefficient (Wildman–Crippen LogP) is 2.91. The number of para-hydroxylation sites is 1. The summed E-state index contributed by atoms with van der Waals surface area (Å²) >= 11 is 0. The number of alkyl halides is 3. The van der Waals surface area contributed by atoms with Crippen LogP contribution in [-0.4, -0.2) is 11.3 Å². The number of benzene rings is 1. The number of aromatic hydroxyl groups is 1. The average molecular weight is 233 g/mol. The standard InChI is InChI=1S/C11H14F3NO/c1-2-4-7-5-3-6-8(9(7)16)10(15)11(12,13)14/h3,5-6,10,16H,2,4,15H2,1H3/t10-/m1/s1. The first-order valence-electron chi connectivity index (χ1n) is 5.01. The van der Waals surface area contributed by atoms with Gasteiger partial charge in [0.1, 0.15) is 11.8 Å². The fourth-order valence-corrected chi connectivity index (χ4v) is 1.51. The van der Waals surface area contributed by atoms with Gasteiger partial charge in [0.15, 0.2) is 0 Å². The van der Waals surface area contributed by atoms with Crippen LogP contribution in [0, 0.1) is 0 Å². The summed E-state index contributed by atoms with van der Waals surface area (Å²) in [4.78, 5) is 0. The SMILES string of the molecule is CCCc1cccc([C@@H](N)C(F)(F)F)c1O. The molecule has 0 unspecified atom stereocenters. The lowest BCUT2D eigenvalue weighted by Gasteiger charge is -2.18. The molecule has 0 aliphatic carbocycles. The van der Waals surface area contributed by atoms with Crippen LogP contribution in [0.3, 0.4) is 0 Å². The van der Waals surface area contributed by atoms with Crippen molar-refractivity contribution in [3.8, 4) is 5.75 Å². The monoisotopic (exact) mass is 233 g/mol. The maximum atomic E-state index is 12.4. The Morgan fingerprint density at radius 3 is 2.50 bits per heavy atom. The third-order valence-corrected chi connectivity index (χ3v) is 2.36. The van der Waals surface area contributed by atoms with E-state index in [2.05, 4.69) is 0 Å². The molecule has 16 heavy (non-hydrogen) atoms. The van der Waals surface area contributed by atoms with Crippen molar-refractivity contribution < 1.29 is 18.3 Å². The minimum Gasteiger partial charge on any atom is -0.507 e. The van der Waals surface area contributed by atoms with Crippen LogP contribution < -0.4 is 5.73 Å². The van der Waals surface area contributed by atoms with Crippen LogP contribution in [0.4, 0.5) is 13.2 Å². The van der Waals surface area contributed by atoms with Crippen molar-refractivity contribution in [1.82, 2.24) is 0 Å². The first-order valence-corrected chi connectivity index (χ1v) is 5.01. The quantitative estimate of drug-likeness (QED) is 0.843. The molecule has 1 rings (SSSR count). The summed E-state index contributed by atoms with van der Waals surface area (Å²) in [5.74, 6) is -0.339. The predicted molar refractivity (Wildman–Crippen MR) is 55.1 cm³/mol. The normalized spacial score (nSPS) is 13.8. The maximum absolute atomic E-state index is 12.4. The summed E-state index contributed by atoms with van der Waals surface area (Å²) in [5, 5.41) is 9.67. The van der Waals surface area contributed by atoms with E-state index in [4.69, 9.17) is 5.73 Å². The second kappa shape index (κ2) is 4.74. The largest absolute Gasteiger partial charge is 0.507 e. The van der Waals surface area contributed by atoms with Gasteiger partial charge in [0.2, 0.25) is 0 Å². The number of hydrogen-bond acceptors (Lipinski definition) is 2. The molecule has 5 heteroatoms. The molecule has 0 aromatic heterocycles. The van der Waals surface area contributed by atoms with E-state index in [-0.39, 0.29) is 11.3 Å². The van der Waals surface area contributed by atoms with Crippen LogP contribution in [0.15, 0.2) is 18.2 Å². The third kappa shape index (κ3) is 2.66. The van der Waals surface area contributed by atoms with Crippen molar-refractivity contribution in [1.29, 1.82) is 0 Å². The molecular formula is C11H14F3NO. The first kappa shape index (κ1) is 12.8. The Hall–Kier alpha value is -1.23. The highest BCUT2D eigenvalue weighted by atomic mass is 19.4. The number of hydrogen-bond donors (Lipinski definition) is 2. The first-order chi connectivity index (χ1) is 7.38. The molecule has 0 saturated heterocycles. The molecule has 3 N–H and O–H groups in total. The van der Waals surface area contributed by atoms with Crippen molar-refractivity contribution in [3.63, 3.8) is 0 Å². The van der Waals surface area contributed by atoms with Gasteiger partial charge in [-0.2, -0.15) is 13.2 Å². The van der Waals surface area contributed by atoms with Crippen molar-refractivity contribution >= 4 is 0 Å². The lowest BCUT2D eigenvalue weighted by atomic mass is 10.00. The van der Waals surface area contributed by atoms with Crippen LogP contribution >= 0.6 is 0 Å². The molecule has 0 radical (unpaired) electrons. The number of nitrogens with two attached hydrogens (primary N) is 1. The van der Waals surface area contributed by atoms with Gasteiger partial charge in [0.25, 0.3) is 0 Å². The van der Waals surface area contributed by atoms with Gasteiger partial charge in [0.05, 0.1) is 0 Å². The smallest absolute Gasteiger partial charge is 0.407 e. The van der Waals surface area contributed by atoms with Crippen LogP contribution in [0.2, 0.25) is 0 Å². The van der Waals surface area contributed by atoms with E-state index in [9.17, 15) is 18.3 Å². The molecule has 90 valence electrons. The van der Waals surface area contributed by atoms with Gasteiger partial charge in [-0.15, -0.1) is 0 Å². The zero-order valence-electron chi connectivity index (χ0n) is 8.88. The fourth-order valence-electron chi connectivity index (χ4n) is 1.51. The Labute approximate surface area is 91.9 Å². The zero-order valence-corrected chi connectivity index (χ0v) is 8.88. The van der Waals surface area contributed by atoms with Gasteiger partial charge < -0.3 is 10.8 Å². The van der Waals surface area contributed by atoms with E-state index in [0.29, 0.717) is 12.0 Å². The van der Waals surface area contributed by atoms with Gasteiger partial charge in [-0.05, 0) is 12.0 Å². The Morgan fingerprint density at radius 2 is 2.00 bits per heavy atom. The third-order valence-electron chi connectivity index (χ3n) is 2.36. The summed E-state index contributed by atoms with van der Waals surface area (Å²) < 4.78 is 37.2. The van der Waals surface area contributed by atoms with Crippen molar-refractivity contribution in [2.45, 2.75) is 32.0 Å². The molecule has 0 aliphatic rings. The highest BCUT2D eigenvalue weighted by Gasteiger charge is 2.39. The van der Waals surface area contributed by atoms with E-state index in [0.717, 1.165) is 6.42 Å². The summed E-state index contributed by atoms with van der Waals surface area (Å²) in [6, 6.07) is 2.15. The van der Waals surface area contributed by atoms with Gasteiger partial charge >= 0.3 is 6.18 Å². The number of halogens is 3. The minimum atomic E-state index is -4.54. The lowest BCUT2D eigenvalue weighted by Crippen LogP contribution is -2.28. The molecule has 0 amide bonds. The van der Waals surface area contributed by atoms with Gasteiger partial charge in [0, 0.05) is 5.56 Å². The molecule has 0 aliphatic heterocycles. The topological polar surface area (TPSA) is 46.2 Å². The van der Waals surface area contributed by atoms with Gasteiger partial charge in [-0.1, -0.05) is 31.5 Å². The summed E-state index contributed by atoms with van der Waals surface area (Å²) in [5.41, 5.74) is 5.29. The lowest BCUT2D eigenvalue weighted by molar-refractivity contribution is -0.149. The molecule has 1 aromatic carbocycles. The molecule has 0 bridgehead atoms. The van der Waals surface area contributed by atoms with E-state index >= 15 is 0 Å². The van der Waals surface area contributed by atoms with E-state index in [1.807, 2.05) is 6.92 Å². The van der Waals surface area contributed by atoms with Crippen LogP contribution in [0.25, 0.3) is 0 Å². The van der Waals surface area contributed by atoms with Crippen LogP contribution in [0.1, 0.15) is 30.5 Å². The number of aryl methyl sites for hydroxylation is 1. The van der Waals surface area contributed by atoms with Crippen molar-refractivity contribution in [2.75, 3.05) is 0 Å². The highest BCUT2D eigenvalue weighted by Crippen LogP contribution is 2.36. The summed E-state index contributed by atoms with van der Waals surface area (Å²) in [7, 11) is 0. The molecule has 1 aromatic rings. The van der Waals surface area contributed by atoms with Crippen molar-refractivity contribution in [3.05, 3.63) is 29.3 Å². The van der Waals surface area contributed by atoms with E-state index < -0.39 is 12.2 Å². The number of phenols is 1. The molecule has 0 spiro atoms. The van der Waals surface area contributed by atoms with E-state index in [1.165, 1.54) is 12.1 Å². The number of phenolic OH excluding ortho intramolecular Hbond substituents is 1. The van der Waals surface area contributed by atoms with Gasteiger partial charge in [-0.25, -0.2) is 0 Å². The van der Waals surface area contributed by atoms with E-state index in [1.54, 1.807) is 6.07 Å². The summed E-state index contributed by atoms with van der Waals surface area (Å²) in [6.07, 6.45) is -3.26. The Balaban J connectivity index is 3.10. The van der Waals surface area contributed by atoms with Crippen LogP contribution in [-0.2, 0) is 6.42 Å². The second-order valence-corrected chi connectivity index (χ2v) is 3.62. The molecule has 0 saturated carbocycles. The second-order valence-electron chi connectivity index (χ2n) is 3.62. The maximum Gasteiger partial charge on any atom is 0.407 e. The highest BCUT2D eigenvalue weighted by molar-refractivity contribution is 5.42. The Morgan fingerprint density at radius 1 is 1.38 bits per heavy atom. The van der Waals surface area contributed by atoms with Crippen molar-refractivity contribution in [2.24, 2.45) is 5.73 Å². The Kier molecular flexibility index (Phi) is 3.80. The van der Waals surface area contributed by atoms with Crippen LogP contribution in [0.5, 0.6) is 5.75 Å². The molecule has 0 fully saturated rings. The Bertz CT molecular complexity index is 363. The molecular weight excluding hydrogens is 219 g/mol. The fraction of sp³-hybridized carbons (Fsp3) is 0.455. The van der Waals surface area contributed by atoms with Gasteiger partial charge in [-0.3, -0.25) is 0 Å². The molecule has 1 atom stereocenters. The zero-order chi connectivity index (χ0) is 12.3. The summed E-state index contributed by atoms with van der Waals surface area (Å²) in [6.45, 7) is 1.88. The molecule has 2 nitrogen and oxygen atoms in total. The molecule has 0 heterocycles.